The molecule has 0 radical (unpaired) electrons. The molecule has 1 aliphatic rings. The highest BCUT2D eigenvalue weighted by molar-refractivity contribution is 5.39. The van der Waals surface area contributed by atoms with E-state index in [1.165, 1.54) is 19.3 Å². The number of hydrogen-bond donors (Lipinski definition) is 0. The van der Waals surface area contributed by atoms with Gasteiger partial charge in [-0.3, -0.25) is 0 Å². The average molecular weight is 232 g/mol. The quantitative estimate of drug-likeness (QED) is 0.439. The highest BCUT2D eigenvalue weighted by Crippen LogP contribution is 2.31. The van der Waals surface area contributed by atoms with E-state index in [1.54, 1.807) is 0 Å². The van der Waals surface area contributed by atoms with Gasteiger partial charge in [0.2, 0.25) is 0 Å². The van der Waals surface area contributed by atoms with Crippen molar-refractivity contribution in [2.45, 2.75) is 44.6 Å². The zero-order valence-corrected chi connectivity index (χ0v) is 11.0. The van der Waals surface area contributed by atoms with E-state index >= 15 is 0 Å². The van der Waals surface area contributed by atoms with Crippen LogP contribution in [0.3, 0.4) is 0 Å². The molecule has 0 aliphatic heterocycles. The normalized spacial score (nSPS) is 23.2. The van der Waals surface area contributed by atoms with E-state index in [9.17, 15) is 0 Å². The molecule has 0 fully saturated rings. The van der Waals surface area contributed by atoms with Gasteiger partial charge in [0.25, 0.3) is 0 Å². The van der Waals surface area contributed by atoms with Crippen LogP contribution >= 0.6 is 0 Å². The number of rotatable bonds is 8. The molecule has 17 heavy (non-hydrogen) atoms. The minimum Gasteiger partial charge on any atom is -0.366 e. The zero-order valence-electron chi connectivity index (χ0n) is 11.0. The fourth-order valence-corrected chi connectivity index (χ4v) is 2.10. The lowest BCUT2D eigenvalue weighted by molar-refractivity contribution is 0.0206. The van der Waals surface area contributed by atoms with E-state index in [1.807, 2.05) is 12.2 Å². The van der Waals surface area contributed by atoms with Gasteiger partial charge < -0.3 is 4.74 Å². The Morgan fingerprint density at radius 3 is 2.82 bits per heavy atom. The molecule has 0 saturated carbocycles. The summed E-state index contributed by atoms with van der Waals surface area (Å²) in [6.45, 7) is 10.8. The van der Waals surface area contributed by atoms with Crippen molar-refractivity contribution >= 4 is 0 Å². The van der Waals surface area contributed by atoms with E-state index in [4.69, 9.17) is 4.74 Å². The minimum atomic E-state index is -0.345. The highest BCUT2D eigenvalue weighted by Gasteiger charge is 2.30. The Balaban J connectivity index is 2.51. The third-order valence-corrected chi connectivity index (χ3v) is 3.23. The summed E-state index contributed by atoms with van der Waals surface area (Å²) in [6.07, 6.45) is 15.8. The number of allylic oxidation sites excluding steroid dienone is 2. The van der Waals surface area contributed by atoms with E-state index in [0.717, 1.165) is 25.0 Å². The molecule has 0 amide bonds. The molecular weight excluding hydrogens is 208 g/mol. The van der Waals surface area contributed by atoms with E-state index in [-0.39, 0.29) is 5.60 Å². The van der Waals surface area contributed by atoms with Gasteiger partial charge in [-0.1, -0.05) is 69.7 Å². The molecule has 94 valence electrons. The first-order valence-corrected chi connectivity index (χ1v) is 6.56. The van der Waals surface area contributed by atoms with Crippen LogP contribution in [0.4, 0.5) is 0 Å². The number of ether oxygens (including phenoxy) is 1. The summed E-state index contributed by atoms with van der Waals surface area (Å²) in [5.41, 5.74) is 0.772. The number of unbranched alkanes of at least 4 members (excludes halogenated alkanes) is 3. The van der Waals surface area contributed by atoms with Crippen LogP contribution in [-0.4, -0.2) is 12.2 Å². The Labute approximate surface area is 106 Å². The maximum Gasteiger partial charge on any atom is 0.114 e. The molecule has 0 aromatic carbocycles. The van der Waals surface area contributed by atoms with E-state index in [0.29, 0.717) is 0 Å². The number of hydrogen-bond acceptors (Lipinski definition) is 1. The fraction of sp³-hybridized carbons (Fsp3) is 0.500. The van der Waals surface area contributed by atoms with Crippen molar-refractivity contribution in [3.63, 3.8) is 0 Å². The van der Waals surface area contributed by atoms with Crippen LogP contribution in [0.15, 0.2) is 49.1 Å². The molecule has 1 nitrogen and oxygen atoms in total. The van der Waals surface area contributed by atoms with Crippen LogP contribution in [0.1, 0.15) is 39.0 Å². The monoisotopic (exact) mass is 232 g/mol. The van der Waals surface area contributed by atoms with Gasteiger partial charge in [0.15, 0.2) is 0 Å². The van der Waals surface area contributed by atoms with Crippen molar-refractivity contribution < 1.29 is 4.74 Å². The largest absolute Gasteiger partial charge is 0.366 e. The Morgan fingerprint density at radius 2 is 2.18 bits per heavy atom. The molecule has 0 aromatic rings. The SMILES string of the molecule is C=CC1=CC=CCC1(C=C)OCCCCCC. The minimum absolute atomic E-state index is 0.345. The smallest absolute Gasteiger partial charge is 0.114 e. The summed E-state index contributed by atoms with van der Waals surface area (Å²) >= 11 is 0. The molecule has 1 atom stereocenters. The second kappa shape index (κ2) is 7.29. The van der Waals surface area contributed by atoms with Crippen LogP contribution in [0, 0.1) is 0 Å². The van der Waals surface area contributed by atoms with Crippen molar-refractivity contribution in [1.29, 1.82) is 0 Å². The Kier molecular flexibility index (Phi) is 5.99. The third kappa shape index (κ3) is 3.71. The lowest BCUT2D eigenvalue weighted by Crippen LogP contribution is -2.33. The molecule has 0 saturated heterocycles. The van der Waals surface area contributed by atoms with Crippen LogP contribution in [0.2, 0.25) is 0 Å². The molecule has 0 heterocycles. The Hall–Kier alpha value is -1.08. The maximum atomic E-state index is 6.06. The topological polar surface area (TPSA) is 9.23 Å². The van der Waals surface area contributed by atoms with Crippen molar-refractivity contribution in [2.24, 2.45) is 0 Å². The van der Waals surface area contributed by atoms with Crippen LogP contribution in [0.25, 0.3) is 0 Å². The maximum absolute atomic E-state index is 6.06. The van der Waals surface area contributed by atoms with Gasteiger partial charge in [0.1, 0.15) is 5.60 Å². The van der Waals surface area contributed by atoms with Crippen molar-refractivity contribution in [2.75, 3.05) is 6.61 Å². The zero-order chi connectivity index (χ0) is 12.6. The predicted octanol–water partition coefficient (Wildman–Crippen LogP) is 4.58. The van der Waals surface area contributed by atoms with Crippen molar-refractivity contribution in [3.8, 4) is 0 Å². The molecule has 1 heteroatoms. The molecular formula is C16H24O. The summed E-state index contributed by atoms with van der Waals surface area (Å²) in [4.78, 5) is 0. The summed E-state index contributed by atoms with van der Waals surface area (Å²) in [5.74, 6) is 0. The van der Waals surface area contributed by atoms with Crippen LogP contribution in [0.5, 0.6) is 0 Å². The van der Waals surface area contributed by atoms with Crippen LogP contribution in [-0.2, 0) is 4.74 Å². The second-order valence-corrected chi connectivity index (χ2v) is 4.46. The molecule has 0 bridgehead atoms. The summed E-state index contributed by atoms with van der Waals surface area (Å²) in [6, 6.07) is 0. The molecule has 1 unspecified atom stereocenters. The van der Waals surface area contributed by atoms with Crippen LogP contribution < -0.4 is 0 Å². The molecule has 0 aromatic heterocycles. The molecule has 0 N–H and O–H groups in total. The summed E-state index contributed by atoms with van der Waals surface area (Å²) < 4.78 is 6.06. The standard InChI is InChI=1S/C16H24O/c1-4-7-8-11-14-17-16(6-3)13-10-9-12-15(16)5-2/h5-6,9-10,12H,2-4,7-8,11,13-14H2,1H3. The van der Waals surface area contributed by atoms with E-state index in [2.05, 4.69) is 38.3 Å². The van der Waals surface area contributed by atoms with Gasteiger partial charge in [-0.05, 0) is 12.0 Å². The third-order valence-electron chi connectivity index (χ3n) is 3.23. The van der Waals surface area contributed by atoms with Gasteiger partial charge in [0.05, 0.1) is 0 Å². The lowest BCUT2D eigenvalue weighted by atomic mass is 9.86. The summed E-state index contributed by atoms with van der Waals surface area (Å²) in [7, 11) is 0. The van der Waals surface area contributed by atoms with Gasteiger partial charge in [-0.2, -0.15) is 0 Å². The van der Waals surface area contributed by atoms with Gasteiger partial charge in [-0.25, -0.2) is 0 Å². The molecule has 0 spiro atoms. The first-order valence-electron chi connectivity index (χ1n) is 6.56. The Bertz CT molecular complexity index is 311. The molecule has 1 aliphatic carbocycles. The molecule has 1 rings (SSSR count). The van der Waals surface area contributed by atoms with Crippen molar-refractivity contribution in [1.82, 2.24) is 0 Å². The Morgan fingerprint density at radius 1 is 1.35 bits per heavy atom. The lowest BCUT2D eigenvalue weighted by Gasteiger charge is -2.33. The highest BCUT2D eigenvalue weighted by atomic mass is 16.5. The van der Waals surface area contributed by atoms with Crippen molar-refractivity contribution in [3.05, 3.63) is 49.1 Å². The fourth-order valence-electron chi connectivity index (χ4n) is 2.10. The first kappa shape index (κ1) is 14.0. The van der Waals surface area contributed by atoms with Gasteiger partial charge in [0, 0.05) is 13.0 Å². The van der Waals surface area contributed by atoms with Gasteiger partial charge >= 0.3 is 0 Å². The average Bonchev–Trinajstić information content (AvgIpc) is 2.39. The second-order valence-electron chi connectivity index (χ2n) is 4.46. The predicted molar refractivity (Wildman–Crippen MR) is 75.1 cm³/mol. The van der Waals surface area contributed by atoms with Gasteiger partial charge in [-0.15, -0.1) is 0 Å². The van der Waals surface area contributed by atoms with E-state index < -0.39 is 0 Å². The first-order chi connectivity index (χ1) is 8.29. The summed E-state index contributed by atoms with van der Waals surface area (Å²) in [5, 5.41) is 0.